The zero-order valence-electron chi connectivity index (χ0n) is 13.0. The maximum atomic E-state index is 9.25. The van der Waals surface area contributed by atoms with Crippen LogP contribution >= 0.6 is 0 Å². The molecule has 116 valence electrons. The molecule has 0 saturated heterocycles. The summed E-state index contributed by atoms with van der Waals surface area (Å²) in [5.41, 5.74) is 0. The number of carbonyl (C=O) groups excluding carboxylic acids is 1. The molecule has 0 atom stereocenters. The first-order valence-electron chi connectivity index (χ1n) is 6.91. The summed E-state index contributed by atoms with van der Waals surface area (Å²) in [4.78, 5) is 18.4. The van der Waals surface area contributed by atoms with Gasteiger partial charge in [0, 0.05) is 6.08 Å². The van der Waals surface area contributed by atoms with Gasteiger partial charge in [-0.05, 0) is 6.08 Å². The van der Waals surface area contributed by atoms with Crippen molar-refractivity contribution >= 4 is 31.7 Å². The first-order chi connectivity index (χ1) is 9.39. The molecule has 0 spiro atoms. The number of carbonyl (C=O) groups is 2. The van der Waals surface area contributed by atoms with Crippen LogP contribution in [0.3, 0.4) is 0 Å². The zero-order valence-corrected chi connectivity index (χ0v) is 15.8. The number of rotatable bonds is 8. The van der Waals surface area contributed by atoms with Crippen molar-refractivity contribution in [3.63, 3.8) is 0 Å². The van der Waals surface area contributed by atoms with Crippen LogP contribution in [0.1, 0.15) is 40.0 Å². The van der Waals surface area contributed by atoms with Crippen LogP contribution in [0.5, 0.6) is 0 Å². The topological polar surface area (TPSA) is 77.4 Å². The second-order valence-corrected chi connectivity index (χ2v) is 12.6. The fraction of sp³-hybridized carbons (Fsp3) is 0.600. The summed E-state index contributed by atoms with van der Waals surface area (Å²) < 4.78 is 4.93. The summed E-state index contributed by atoms with van der Waals surface area (Å²) in [6, 6.07) is 0. The zero-order chi connectivity index (χ0) is 16.4. The SMILES string of the molecule is C=CC(=O)O.C=CC(=O)[O-].CC[CH2][Sn+]([CH2]CC)[CH2]CC. The Morgan fingerprint density at radius 1 is 1.00 bits per heavy atom. The monoisotopic (exact) mass is 392 g/mol. The fourth-order valence-electron chi connectivity index (χ4n) is 1.44. The van der Waals surface area contributed by atoms with Gasteiger partial charge in [-0.15, -0.1) is 0 Å². The van der Waals surface area contributed by atoms with Crippen LogP contribution in [0.4, 0.5) is 0 Å². The average Bonchev–Trinajstić information content (AvgIpc) is 2.41. The van der Waals surface area contributed by atoms with E-state index in [-0.39, 0.29) is 0 Å². The summed E-state index contributed by atoms with van der Waals surface area (Å²) >= 11 is -0.759. The Morgan fingerprint density at radius 2 is 1.25 bits per heavy atom. The number of aliphatic carboxylic acids is 2. The molecular weight excluding hydrogens is 363 g/mol. The van der Waals surface area contributed by atoms with Gasteiger partial charge in [-0.25, -0.2) is 4.79 Å². The van der Waals surface area contributed by atoms with Crippen molar-refractivity contribution in [3.8, 4) is 0 Å². The first-order valence-corrected chi connectivity index (χ1v) is 13.0. The molecule has 0 radical (unpaired) electrons. The van der Waals surface area contributed by atoms with Crippen molar-refractivity contribution in [2.24, 2.45) is 0 Å². The van der Waals surface area contributed by atoms with Crippen LogP contribution < -0.4 is 5.11 Å². The third-order valence-electron chi connectivity index (χ3n) is 2.15. The standard InChI is InChI=1S/2C3H4O2.3C3H7.Sn/c2*1-2-3(4)5;3*1-3-2;/h2*2H,1H2,(H,4,5);3*1,3H2,2H3;/q;;;;;+1/p-1. The molecule has 0 heterocycles. The molecule has 0 saturated carbocycles. The van der Waals surface area contributed by atoms with E-state index >= 15 is 0 Å². The molecule has 0 fully saturated rings. The molecule has 0 unspecified atom stereocenters. The van der Waals surface area contributed by atoms with Gasteiger partial charge in [-0.2, -0.15) is 0 Å². The molecule has 0 rings (SSSR count). The van der Waals surface area contributed by atoms with Gasteiger partial charge in [0.05, 0.1) is 5.97 Å². The number of hydrogen-bond acceptors (Lipinski definition) is 3. The van der Waals surface area contributed by atoms with E-state index < -0.39 is 31.7 Å². The minimum absolute atomic E-state index is 0.722. The van der Waals surface area contributed by atoms with E-state index in [4.69, 9.17) is 15.0 Å². The second kappa shape index (κ2) is 20.5. The minimum atomic E-state index is -1.23. The average molecular weight is 391 g/mol. The van der Waals surface area contributed by atoms with Crippen LogP contribution in [-0.2, 0) is 9.59 Å². The number of hydrogen-bond donors (Lipinski definition) is 1. The van der Waals surface area contributed by atoms with Crippen LogP contribution in [0, 0.1) is 0 Å². The summed E-state index contributed by atoms with van der Waals surface area (Å²) in [7, 11) is 0. The van der Waals surface area contributed by atoms with Crippen molar-refractivity contribution in [2.45, 2.75) is 53.3 Å². The fourth-order valence-corrected chi connectivity index (χ4v) is 9.63. The normalized spacial score (nSPS) is 8.15. The summed E-state index contributed by atoms with van der Waals surface area (Å²) in [5, 5.41) is 16.7. The van der Waals surface area contributed by atoms with Crippen molar-refractivity contribution in [1.29, 1.82) is 0 Å². The van der Waals surface area contributed by atoms with Gasteiger partial charge in [0.25, 0.3) is 0 Å². The Morgan fingerprint density at radius 3 is 1.35 bits per heavy atom. The van der Waals surface area contributed by atoms with Gasteiger partial charge < -0.3 is 15.0 Å². The third-order valence-corrected chi connectivity index (χ3v) is 12.5. The van der Waals surface area contributed by atoms with Crippen LogP contribution in [0.15, 0.2) is 25.3 Å². The van der Waals surface area contributed by atoms with Gasteiger partial charge in [0.2, 0.25) is 0 Å². The van der Waals surface area contributed by atoms with E-state index in [0.29, 0.717) is 0 Å². The Hall–Kier alpha value is -0.781. The summed E-state index contributed by atoms with van der Waals surface area (Å²) in [6.45, 7) is 12.9. The predicted octanol–water partition coefficient (Wildman–Crippen LogP) is 2.89. The van der Waals surface area contributed by atoms with Crippen molar-refractivity contribution in [3.05, 3.63) is 25.3 Å². The number of carboxylic acids is 2. The molecule has 0 aliphatic carbocycles. The molecule has 1 N–H and O–H groups in total. The van der Waals surface area contributed by atoms with Gasteiger partial charge in [0.15, 0.2) is 0 Å². The molecule has 0 bridgehead atoms. The van der Waals surface area contributed by atoms with E-state index in [1.807, 2.05) is 0 Å². The Bertz CT molecular complexity index is 232. The molecule has 4 nitrogen and oxygen atoms in total. The van der Waals surface area contributed by atoms with Crippen molar-refractivity contribution in [1.82, 2.24) is 0 Å². The molecule has 20 heavy (non-hydrogen) atoms. The van der Waals surface area contributed by atoms with E-state index in [1.165, 1.54) is 19.3 Å². The quantitative estimate of drug-likeness (QED) is 0.510. The summed E-state index contributed by atoms with van der Waals surface area (Å²) in [5.74, 6) is -2.21. The van der Waals surface area contributed by atoms with Gasteiger partial charge in [0.1, 0.15) is 0 Å². The molecule has 0 aromatic rings. The van der Waals surface area contributed by atoms with Gasteiger partial charge in [-0.1, -0.05) is 13.2 Å². The molecular formula is C15H28O4Sn. The second-order valence-electron chi connectivity index (χ2n) is 4.07. The van der Waals surface area contributed by atoms with Crippen LogP contribution in [0.25, 0.3) is 0 Å². The van der Waals surface area contributed by atoms with E-state index in [0.717, 1.165) is 12.2 Å². The van der Waals surface area contributed by atoms with Crippen molar-refractivity contribution < 1.29 is 19.8 Å². The Balaban J connectivity index is -0.000000244. The van der Waals surface area contributed by atoms with Gasteiger partial charge in [-0.3, -0.25) is 0 Å². The Kier molecular flexibility index (Phi) is 24.9. The van der Waals surface area contributed by atoms with Crippen LogP contribution in [0.2, 0.25) is 13.3 Å². The molecule has 0 aromatic carbocycles. The predicted molar refractivity (Wildman–Crippen MR) is 84.1 cm³/mol. The van der Waals surface area contributed by atoms with Gasteiger partial charge >= 0.3 is 79.1 Å². The summed E-state index contributed by atoms with van der Waals surface area (Å²) in [6.07, 6.45) is 5.91. The molecule has 0 aromatic heterocycles. The molecule has 0 aliphatic heterocycles. The van der Waals surface area contributed by atoms with E-state index in [2.05, 4.69) is 33.9 Å². The molecule has 0 aliphatic rings. The van der Waals surface area contributed by atoms with E-state index in [9.17, 15) is 4.79 Å². The van der Waals surface area contributed by atoms with Crippen molar-refractivity contribution in [2.75, 3.05) is 0 Å². The molecule has 5 heteroatoms. The Labute approximate surface area is 130 Å². The molecule has 0 amide bonds. The number of carboxylic acid groups (broad SMARTS) is 2. The third kappa shape index (κ3) is 30.3. The first kappa shape index (κ1) is 24.3. The van der Waals surface area contributed by atoms with Crippen LogP contribution in [-0.4, -0.2) is 36.8 Å². The maximum absolute atomic E-state index is 9.25. The van der Waals surface area contributed by atoms with E-state index in [1.54, 1.807) is 13.3 Å².